The molecule has 0 bridgehead atoms. The van der Waals surface area contributed by atoms with E-state index in [1.165, 1.54) is 66.4 Å². The third kappa shape index (κ3) is 1.55. The van der Waals surface area contributed by atoms with E-state index in [1.54, 1.807) is 0 Å². The number of hydrogen-bond acceptors (Lipinski definition) is 1. The highest BCUT2D eigenvalue weighted by molar-refractivity contribution is 6.13. The van der Waals surface area contributed by atoms with Crippen LogP contribution in [-0.4, -0.2) is 5.78 Å². The van der Waals surface area contributed by atoms with E-state index in [9.17, 15) is 4.79 Å². The Bertz CT molecular complexity index is 1550. The molecule has 0 saturated carbocycles. The molecule has 4 aromatic carbocycles. The van der Waals surface area contributed by atoms with Gasteiger partial charge in [-0.15, -0.1) is 0 Å². The number of carbonyl (C=O) groups is 1. The molecule has 9 rings (SSSR count). The maximum absolute atomic E-state index is 13.9. The van der Waals surface area contributed by atoms with Gasteiger partial charge in [0, 0.05) is 11.8 Å². The van der Waals surface area contributed by atoms with Crippen molar-refractivity contribution in [2.75, 3.05) is 0 Å². The lowest BCUT2D eigenvalue weighted by Gasteiger charge is -2.37. The first kappa shape index (κ1) is 16.0. The molecule has 0 spiro atoms. The lowest BCUT2D eigenvalue weighted by molar-refractivity contribution is -0.120. The number of fused-ring (bicyclic) bond motifs is 6. The summed E-state index contributed by atoms with van der Waals surface area (Å²) in [5, 5.41) is 2.66. The Hall–Kier alpha value is -3.71. The lowest BCUT2D eigenvalue weighted by Crippen LogP contribution is -2.29. The van der Waals surface area contributed by atoms with Crippen molar-refractivity contribution < 1.29 is 4.79 Å². The largest absolute Gasteiger partial charge is 0.298 e. The Morgan fingerprint density at radius 2 is 0.969 bits per heavy atom. The van der Waals surface area contributed by atoms with E-state index in [0.717, 1.165) is 0 Å². The summed E-state index contributed by atoms with van der Waals surface area (Å²) in [5.41, 5.74) is 13.4. The SMILES string of the molecule is O=C1C2C=CC3c4ccccc4-c4cc5cc6c7c(c5c2c43)C1C=CC7c1ccccc1-6. The van der Waals surface area contributed by atoms with Gasteiger partial charge in [-0.25, -0.2) is 0 Å². The molecular weight excluding hydrogens is 388 g/mol. The third-order valence-corrected chi connectivity index (χ3v) is 8.61. The molecule has 0 aliphatic heterocycles. The van der Waals surface area contributed by atoms with Gasteiger partial charge in [-0.3, -0.25) is 4.79 Å². The van der Waals surface area contributed by atoms with Gasteiger partial charge in [-0.05, 0) is 78.5 Å². The smallest absolute Gasteiger partial charge is 0.155 e. The van der Waals surface area contributed by atoms with E-state index in [-0.39, 0.29) is 23.7 Å². The Morgan fingerprint density at radius 1 is 0.500 bits per heavy atom. The van der Waals surface area contributed by atoms with Gasteiger partial charge in [0.2, 0.25) is 0 Å². The number of ketones is 1. The first-order valence-electron chi connectivity index (χ1n) is 11.6. The first-order chi connectivity index (χ1) is 15.8. The average Bonchev–Trinajstić information content (AvgIpc) is 3.34. The van der Waals surface area contributed by atoms with Crippen LogP contribution in [0.3, 0.4) is 0 Å². The van der Waals surface area contributed by atoms with E-state index in [1.807, 2.05) is 0 Å². The van der Waals surface area contributed by atoms with Gasteiger partial charge in [0.25, 0.3) is 0 Å². The topological polar surface area (TPSA) is 17.1 Å². The Labute approximate surface area is 185 Å². The number of Topliss-reactive ketones (excluding diaryl/α,β-unsaturated/α-hetero) is 1. The van der Waals surface area contributed by atoms with Gasteiger partial charge >= 0.3 is 0 Å². The molecule has 5 aliphatic rings. The van der Waals surface area contributed by atoms with Crippen LogP contribution in [0.15, 0.2) is 85.0 Å². The van der Waals surface area contributed by atoms with Gasteiger partial charge in [0.1, 0.15) is 0 Å². The maximum atomic E-state index is 13.9. The summed E-state index contributed by atoms with van der Waals surface area (Å²) in [4.78, 5) is 13.9. The van der Waals surface area contributed by atoms with Crippen LogP contribution < -0.4 is 0 Å². The molecule has 0 fully saturated rings. The second-order valence-corrected chi connectivity index (χ2v) is 9.86. The molecule has 0 N–H and O–H groups in total. The summed E-state index contributed by atoms with van der Waals surface area (Å²) in [6.07, 6.45) is 8.97. The van der Waals surface area contributed by atoms with E-state index in [2.05, 4.69) is 85.0 Å². The van der Waals surface area contributed by atoms with Crippen molar-refractivity contribution in [2.24, 2.45) is 0 Å². The minimum atomic E-state index is -0.126. The first-order valence-corrected chi connectivity index (χ1v) is 11.6. The van der Waals surface area contributed by atoms with Gasteiger partial charge in [-0.2, -0.15) is 0 Å². The van der Waals surface area contributed by atoms with Crippen molar-refractivity contribution in [1.29, 1.82) is 0 Å². The molecule has 148 valence electrons. The van der Waals surface area contributed by atoms with Crippen molar-refractivity contribution in [3.05, 3.63) is 118 Å². The van der Waals surface area contributed by atoms with Crippen LogP contribution in [0.1, 0.15) is 57.1 Å². The van der Waals surface area contributed by atoms with Crippen molar-refractivity contribution >= 4 is 16.6 Å². The fourth-order valence-electron chi connectivity index (χ4n) is 7.47. The lowest BCUT2D eigenvalue weighted by atomic mass is 9.65. The molecule has 0 aromatic heterocycles. The fourth-order valence-corrected chi connectivity index (χ4v) is 7.47. The van der Waals surface area contributed by atoms with E-state index < -0.39 is 0 Å². The summed E-state index contributed by atoms with van der Waals surface area (Å²) >= 11 is 0. The molecule has 5 aliphatic carbocycles. The Morgan fingerprint density at radius 3 is 1.50 bits per heavy atom. The summed E-state index contributed by atoms with van der Waals surface area (Å²) < 4.78 is 0. The monoisotopic (exact) mass is 406 g/mol. The van der Waals surface area contributed by atoms with Crippen LogP contribution in [0.4, 0.5) is 0 Å². The third-order valence-electron chi connectivity index (χ3n) is 8.61. The summed E-state index contributed by atoms with van der Waals surface area (Å²) in [7, 11) is 0. The van der Waals surface area contributed by atoms with Gasteiger partial charge in [0.15, 0.2) is 5.78 Å². The summed E-state index contributed by atoms with van der Waals surface area (Å²) in [6.45, 7) is 0. The zero-order valence-electron chi connectivity index (χ0n) is 17.3. The molecule has 1 heteroatoms. The summed E-state index contributed by atoms with van der Waals surface area (Å²) in [6, 6.07) is 22.4. The Balaban J connectivity index is 1.52. The second kappa shape index (κ2) is 5.02. The molecule has 0 heterocycles. The highest BCUT2D eigenvalue weighted by Gasteiger charge is 2.46. The number of benzene rings is 4. The highest BCUT2D eigenvalue weighted by Crippen LogP contribution is 2.61. The van der Waals surface area contributed by atoms with E-state index in [4.69, 9.17) is 0 Å². The molecule has 4 unspecified atom stereocenters. The van der Waals surface area contributed by atoms with Crippen LogP contribution in [0.5, 0.6) is 0 Å². The quantitative estimate of drug-likeness (QED) is 0.289. The molecule has 4 atom stereocenters. The zero-order chi connectivity index (χ0) is 20.7. The maximum Gasteiger partial charge on any atom is 0.155 e. The van der Waals surface area contributed by atoms with Crippen molar-refractivity contribution in [1.82, 2.24) is 0 Å². The van der Waals surface area contributed by atoms with Crippen molar-refractivity contribution in [3.63, 3.8) is 0 Å². The second-order valence-electron chi connectivity index (χ2n) is 9.86. The molecule has 0 radical (unpaired) electrons. The van der Waals surface area contributed by atoms with Gasteiger partial charge in [-0.1, -0.05) is 72.8 Å². The van der Waals surface area contributed by atoms with Gasteiger partial charge in [0.05, 0.1) is 11.8 Å². The fraction of sp³-hybridized carbons (Fsp3) is 0.129. The van der Waals surface area contributed by atoms with E-state index >= 15 is 0 Å². The standard InChI is InChI=1S/C31H18O/c32-31-22-11-9-20-16-5-1-3-7-18(16)24-13-15-14-25-19-8-4-2-6-17(19)21-10-12-23(31)30(28(21)25)26(15)29(22)27(20)24/h1-14,20-23H. The van der Waals surface area contributed by atoms with Crippen molar-refractivity contribution in [2.45, 2.75) is 23.7 Å². The Kier molecular flexibility index (Phi) is 2.51. The van der Waals surface area contributed by atoms with Crippen LogP contribution in [-0.2, 0) is 4.79 Å². The molecule has 0 saturated heterocycles. The predicted octanol–water partition coefficient (Wildman–Crippen LogP) is 6.95. The minimum Gasteiger partial charge on any atom is -0.298 e. The van der Waals surface area contributed by atoms with Crippen LogP contribution >= 0.6 is 0 Å². The van der Waals surface area contributed by atoms with Crippen LogP contribution in [0.2, 0.25) is 0 Å². The zero-order valence-corrected chi connectivity index (χ0v) is 17.3. The number of rotatable bonds is 0. The molecule has 1 nitrogen and oxygen atoms in total. The van der Waals surface area contributed by atoms with E-state index in [0.29, 0.717) is 5.78 Å². The van der Waals surface area contributed by atoms with Crippen LogP contribution in [0.25, 0.3) is 33.0 Å². The van der Waals surface area contributed by atoms with Crippen molar-refractivity contribution in [3.8, 4) is 22.3 Å². The number of hydrogen-bond donors (Lipinski definition) is 0. The van der Waals surface area contributed by atoms with Crippen LogP contribution in [0, 0.1) is 0 Å². The van der Waals surface area contributed by atoms with Gasteiger partial charge < -0.3 is 0 Å². The predicted molar refractivity (Wildman–Crippen MR) is 127 cm³/mol. The molecule has 4 aromatic rings. The molecular formula is C31H18O. The normalized spacial score (nSPS) is 25.9. The average molecular weight is 406 g/mol. The molecule has 0 amide bonds. The number of allylic oxidation sites excluding steroid dienone is 4. The summed E-state index contributed by atoms with van der Waals surface area (Å²) in [5.74, 6) is 0.636. The number of carbonyl (C=O) groups excluding carboxylic acids is 1. The minimum absolute atomic E-state index is 0.126. The highest BCUT2D eigenvalue weighted by atomic mass is 16.1. The molecule has 32 heavy (non-hydrogen) atoms.